The van der Waals surface area contributed by atoms with E-state index in [0.717, 1.165) is 23.1 Å². The Hall–Kier alpha value is -2.00. The second-order valence-electron chi connectivity index (χ2n) is 6.58. The van der Waals surface area contributed by atoms with E-state index in [2.05, 4.69) is 0 Å². The Kier molecular flexibility index (Phi) is 6.49. The molecule has 2 aromatic carbocycles. The normalized spacial score (nSPS) is 13.3. The first-order valence-electron chi connectivity index (χ1n) is 8.60. The fourth-order valence-corrected chi connectivity index (χ4v) is 2.92. The smallest absolute Gasteiger partial charge is 0.312 e. The first-order chi connectivity index (χ1) is 11.9. The first-order valence-corrected chi connectivity index (χ1v) is 8.98. The minimum Gasteiger partial charge on any atom is -0.508 e. The molecule has 0 saturated heterocycles. The lowest BCUT2D eigenvalue weighted by molar-refractivity contribution is -0.154. The van der Waals surface area contributed by atoms with Crippen LogP contribution < -0.4 is 0 Å². The minimum atomic E-state index is -0.646. The SMILES string of the molecule is CCOC(=O)C(C)(CC)Cc1cc(Cc2ccc(Cl)cc2)ccc1O. The molecule has 0 amide bonds. The van der Waals surface area contributed by atoms with E-state index < -0.39 is 5.41 Å². The van der Waals surface area contributed by atoms with E-state index in [4.69, 9.17) is 16.3 Å². The van der Waals surface area contributed by atoms with Crippen LogP contribution in [0.1, 0.15) is 43.9 Å². The van der Waals surface area contributed by atoms with Crippen LogP contribution in [0.5, 0.6) is 5.75 Å². The molecule has 134 valence electrons. The van der Waals surface area contributed by atoms with Gasteiger partial charge in [0.1, 0.15) is 5.75 Å². The molecule has 0 fully saturated rings. The van der Waals surface area contributed by atoms with Crippen molar-refractivity contribution < 1.29 is 14.6 Å². The number of ether oxygens (including phenoxy) is 1. The second-order valence-corrected chi connectivity index (χ2v) is 7.01. The molecule has 3 nitrogen and oxygen atoms in total. The highest BCUT2D eigenvalue weighted by atomic mass is 35.5. The van der Waals surface area contributed by atoms with E-state index in [0.29, 0.717) is 24.5 Å². The minimum absolute atomic E-state index is 0.212. The number of carbonyl (C=O) groups is 1. The van der Waals surface area contributed by atoms with Crippen LogP contribution in [0.4, 0.5) is 0 Å². The molecule has 0 heterocycles. The quantitative estimate of drug-likeness (QED) is 0.694. The molecule has 0 aliphatic carbocycles. The van der Waals surface area contributed by atoms with Gasteiger partial charge in [-0.25, -0.2) is 0 Å². The molecule has 0 aliphatic heterocycles. The molecule has 4 heteroatoms. The lowest BCUT2D eigenvalue weighted by Gasteiger charge is -2.26. The van der Waals surface area contributed by atoms with Gasteiger partial charge in [-0.2, -0.15) is 0 Å². The number of phenols is 1. The second kappa shape index (κ2) is 8.39. The molecule has 0 aromatic heterocycles. The Morgan fingerprint density at radius 3 is 2.36 bits per heavy atom. The van der Waals surface area contributed by atoms with Crippen molar-refractivity contribution in [3.63, 3.8) is 0 Å². The summed E-state index contributed by atoms with van der Waals surface area (Å²) < 4.78 is 5.21. The van der Waals surface area contributed by atoms with Crippen molar-refractivity contribution in [2.24, 2.45) is 5.41 Å². The summed E-state index contributed by atoms with van der Waals surface area (Å²) in [5.41, 5.74) is 2.35. The number of rotatable bonds is 7. The summed E-state index contributed by atoms with van der Waals surface area (Å²) >= 11 is 5.93. The summed E-state index contributed by atoms with van der Waals surface area (Å²) in [5.74, 6) is -0.0103. The number of halogens is 1. The summed E-state index contributed by atoms with van der Waals surface area (Å²) in [6.07, 6.45) is 1.84. The zero-order valence-electron chi connectivity index (χ0n) is 15.0. The van der Waals surface area contributed by atoms with Crippen LogP contribution in [-0.2, 0) is 22.4 Å². The fourth-order valence-electron chi connectivity index (χ4n) is 2.80. The van der Waals surface area contributed by atoms with E-state index in [1.54, 1.807) is 13.0 Å². The van der Waals surface area contributed by atoms with E-state index in [1.807, 2.05) is 50.2 Å². The highest BCUT2D eigenvalue weighted by molar-refractivity contribution is 6.30. The molecule has 25 heavy (non-hydrogen) atoms. The predicted octanol–water partition coefficient (Wildman–Crippen LogP) is 5.16. The average molecular weight is 361 g/mol. The third kappa shape index (κ3) is 4.99. The number of phenolic OH excluding ortho intramolecular Hbond substituents is 1. The number of hydrogen-bond donors (Lipinski definition) is 1. The summed E-state index contributed by atoms with van der Waals surface area (Å²) in [5, 5.41) is 10.9. The molecule has 0 bridgehead atoms. The van der Waals surface area contributed by atoms with Crippen LogP contribution in [0.2, 0.25) is 5.02 Å². The molecule has 2 aromatic rings. The van der Waals surface area contributed by atoms with Gasteiger partial charge < -0.3 is 9.84 Å². The van der Waals surface area contributed by atoms with Crippen molar-refractivity contribution in [1.29, 1.82) is 0 Å². The molecular weight excluding hydrogens is 336 g/mol. The van der Waals surface area contributed by atoms with Crippen molar-refractivity contribution >= 4 is 17.6 Å². The zero-order valence-corrected chi connectivity index (χ0v) is 15.8. The predicted molar refractivity (Wildman–Crippen MR) is 101 cm³/mol. The number of aromatic hydroxyl groups is 1. The number of esters is 1. The third-order valence-corrected chi connectivity index (χ3v) is 4.85. The molecular formula is C21H25ClO3. The molecule has 1 unspecified atom stereocenters. The van der Waals surface area contributed by atoms with E-state index in [9.17, 15) is 9.90 Å². The Bertz CT molecular complexity index is 724. The van der Waals surface area contributed by atoms with E-state index in [-0.39, 0.29) is 11.7 Å². The van der Waals surface area contributed by atoms with Crippen molar-refractivity contribution in [3.05, 3.63) is 64.2 Å². The van der Waals surface area contributed by atoms with Crippen LogP contribution in [-0.4, -0.2) is 17.7 Å². The summed E-state index contributed by atoms with van der Waals surface area (Å²) in [6.45, 7) is 6.01. The van der Waals surface area contributed by atoms with Gasteiger partial charge in [0.05, 0.1) is 12.0 Å². The van der Waals surface area contributed by atoms with Gasteiger partial charge in [0.2, 0.25) is 0 Å². The van der Waals surface area contributed by atoms with Gasteiger partial charge >= 0.3 is 5.97 Å². The van der Waals surface area contributed by atoms with Gasteiger partial charge in [-0.15, -0.1) is 0 Å². The van der Waals surface area contributed by atoms with E-state index in [1.165, 1.54) is 0 Å². The van der Waals surface area contributed by atoms with Gasteiger partial charge in [0.15, 0.2) is 0 Å². The highest BCUT2D eigenvalue weighted by Gasteiger charge is 2.33. The Labute approximate surface area is 154 Å². The third-order valence-electron chi connectivity index (χ3n) is 4.59. The van der Waals surface area contributed by atoms with E-state index >= 15 is 0 Å². The number of carbonyl (C=O) groups excluding carboxylic acids is 1. The fraction of sp³-hybridized carbons (Fsp3) is 0.381. The molecule has 0 radical (unpaired) electrons. The van der Waals surface area contributed by atoms with Crippen LogP contribution in [0.15, 0.2) is 42.5 Å². The molecule has 0 spiro atoms. The van der Waals surface area contributed by atoms with Crippen molar-refractivity contribution in [2.45, 2.75) is 40.0 Å². The maximum Gasteiger partial charge on any atom is 0.312 e. The van der Waals surface area contributed by atoms with Gasteiger partial charge in [-0.1, -0.05) is 42.8 Å². The van der Waals surface area contributed by atoms with Gasteiger partial charge in [-0.3, -0.25) is 4.79 Å². The molecule has 0 aliphatic rings. The average Bonchev–Trinajstić information content (AvgIpc) is 2.60. The summed E-state index contributed by atoms with van der Waals surface area (Å²) in [4.78, 5) is 12.3. The maximum absolute atomic E-state index is 12.3. The molecule has 1 atom stereocenters. The monoisotopic (exact) mass is 360 g/mol. The van der Waals surface area contributed by atoms with Gasteiger partial charge in [0, 0.05) is 5.02 Å². The van der Waals surface area contributed by atoms with Gasteiger partial charge in [-0.05, 0) is 68.0 Å². The van der Waals surface area contributed by atoms with Gasteiger partial charge in [0.25, 0.3) is 0 Å². The number of hydrogen-bond acceptors (Lipinski definition) is 3. The van der Waals surface area contributed by atoms with Crippen molar-refractivity contribution in [1.82, 2.24) is 0 Å². The zero-order chi connectivity index (χ0) is 18.4. The van der Waals surface area contributed by atoms with Crippen LogP contribution in [0.25, 0.3) is 0 Å². The summed E-state index contributed by atoms with van der Waals surface area (Å²) in [7, 11) is 0. The molecule has 1 N–H and O–H groups in total. The first kappa shape index (κ1) is 19.3. The topological polar surface area (TPSA) is 46.5 Å². The highest BCUT2D eigenvalue weighted by Crippen LogP contribution is 2.32. The number of benzene rings is 2. The van der Waals surface area contributed by atoms with Crippen molar-refractivity contribution in [3.8, 4) is 5.75 Å². The Morgan fingerprint density at radius 1 is 1.12 bits per heavy atom. The molecule has 0 saturated carbocycles. The Balaban J connectivity index is 2.23. The van der Waals surface area contributed by atoms with Crippen molar-refractivity contribution in [2.75, 3.05) is 6.61 Å². The lowest BCUT2D eigenvalue weighted by Crippen LogP contribution is -2.31. The standard InChI is InChI=1S/C21H25ClO3/c1-4-21(3,20(24)25-5-2)14-17-13-16(8-11-19(17)23)12-15-6-9-18(22)10-7-15/h6-11,13,23H,4-5,12,14H2,1-3H3. The van der Waals surface area contributed by atoms with Crippen LogP contribution in [0.3, 0.4) is 0 Å². The maximum atomic E-state index is 12.3. The molecule has 2 rings (SSSR count). The Morgan fingerprint density at radius 2 is 1.76 bits per heavy atom. The summed E-state index contributed by atoms with van der Waals surface area (Å²) in [6, 6.07) is 13.3. The lowest BCUT2D eigenvalue weighted by atomic mass is 9.80. The van der Waals surface area contributed by atoms with Crippen LogP contribution >= 0.6 is 11.6 Å². The van der Waals surface area contributed by atoms with Crippen LogP contribution in [0, 0.1) is 5.41 Å². The largest absolute Gasteiger partial charge is 0.508 e.